The van der Waals surface area contributed by atoms with E-state index in [2.05, 4.69) is 5.32 Å². The number of hydrogen-bond donors (Lipinski definition) is 1. The van der Waals surface area contributed by atoms with Crippen LogP contribution in [0.5, 0.6) is 5.75 Å². The van der Waals surface area contributed by atoms with Gasteiger partial charge in [-0.2, -0.15) is 0 Å². The largest absolute Gasteiger partial charge is 0.497 e. The number of hydrogen-bond acceptors (Lipinski definition) is 2. The number of fused-ring (bicyclic) bond motifs is 1. The van der Waals surface area contributed by atoms with Gasteiger partial charge in [0.2, 0.25) is 0 Å². The lowest BCUT2D eigenvalue weighted by Gasteiger charge is -2.21. The minimum absolute atomic E-state index is 0.0535. The maximum atomic E-state index is 12.9. The number of amides is 1. The standard InChI is InChI=1S/C21H24N2O2/c1-21(2,3)22-20(24)19-18-8-6-5-7-16(18)14-23(19)13-15-9-11-17(25-4)12-10-15/h5-12,14H,13H2,1-4H3,(H,22,24). The summed E-state index contributed by atoms with van der Waals surface area (Å²) in [5.41, 5.74) is 1.53. The van der Waals surface area contributed by atoms with Crippen molar-refractivity contribution in [2.45, 2.75) is 32.9 Å². The van der Waals surface area contributed by atoms with Crippen LogP contribution >= 0.6 is 0 Å². The van der Waals surface area contributed by atoms with Crippen LogP contribution in [0.4, 0.5) is 0 Å². The van der Waals surface area contributed by atoms with Crippen LogP contribution in [0.15, 0.2) is 54.7 Å². The molecule has 0 saturated heterocycles. The summed E-state index contributed by atoms with van der Waals surface area (Å²) in [5.74, 6) is 0.773. The Morgan fingerprint density at radius 2 is 1.76 bits per heavy atom. The van der Waals surface area contributed by atoms with Gasteiger partial charge >= 0.3 is 0 Å². The number of nitrogens with zero attached hydrogens (tertiary/aromatic N) is 1. The predicted octanol–water partition coefficient (Wildman–Crippen LogP) is 4.23. The van der Waals surface area contributed by atoms with Crippen molar-refractivity contribution < 1.29 is 9.53 Å². The molecular formula is C21H24N2O2. The summed E-state index contributed by atoms with van der Waals surface area (Å²) in [6, 6.07) is 15.9. The van der Waals surface area contributed by atoms with E-state index < -0.39 is 0 Å². The van der Waals surface area contributed by atoms with Gasteiger partial charge in [-0.25, -0.2) is 0 Å². The van der Waals surface area contributed by atoms with Crippen molar-refractivity contribution in [1.29, 1.82) is 0 Å². The average Bonchev–Trinajstić information content (AvgIpc) is 2.92. The molecule has 2 aromatic carbocycles. The Bertz CT molecular complexity index is 886. The van der Waals surface area contributed by atoms with Gasteiger partial charge in [-0.3, -0.25) is 4.79 Å². The number of carbonyl (C=O) groups is 1. The third-order valence-corrected chi connectivity index (χ3v) is 4.01. The first-order chi connectivity index (χ1) is 11.9. The molecule has 3 aromatic rings. The molecule has 25 heavy (non-hydrogen) atoms. The van der Waals surface area contributed by atoms with Crippen LogP contribution in [0, 0.1) is 0 Å². The highest BCUT2D eigenvalue weighted by atomic mass is 16.5. The Morgan fingerprint density at radius 1 is 1.08 bits per heavy atom. The third kappa shape index (κ3) is 3.85. The molecule has 1 N–H and O–H groups in total. The zero-order chi connectivity index (χ0) is 18.0. The van der Waals surface area contributed by atoms with Crippen molar-refractivity contribution in [1.82, 2.24) is 9.88 Å². The van der Waals surface area contributed by atoms with Crippen LogP contribution in [0.25, 0.3) is 10.8 Å². The van der Waals surface area contributed by atoms with E-state index in [0.717, 1.165) is 22.1 Å². The first-order valence-corrected chi connectivity index (χ1v) is 8.41. The fraction of sp³-hybridized carbons (Fsp3) is 0.286. The molecule has 0 aliphatic rings. The molecule has 0 unspecified atom stereocenters. The van der Waals surface area contributed by atoms with Crippen molar-refractivity contribution in [3.63, 3.8) is 0 Å². The summed E-state index contributed by atoms with van der Waals surface area (Å²) in [6.45, 7) is 6.60. The average molecular weight is 336 g/mol. The van der Waals surface area contributed by atoms with E-state index in [1.165, 1.54) is 0 Å². The second kappa shape index (κ2) is 6.63. The maximum absolute atomic E-state index is 12.9. The highest BCUT2D eigenvalue weighted by Crippen LogP contribution is 2.23. The fourth-order valence-electron chi connectivity index (χ4n) is 2.92. The van der Waals surface area contributed by atoms with Gasteiger partial charge in [0.1, 0.15) is 11.4 Å². The minimum atomic E-state index is -0.284. The Morgan fingerprint density at radius 3 is 2.40 bits per heavy atom. The maximum Gasteiger partial charge on any atom is 0.268 e. The van der Waals surface area contributed by atoms with Gasteiger partial charge in [0.05, 0.1) is 7.11 Å². The van der Waals surface area contributed by atoms with Crippen LogP contribution in [0.3, 0.4) is 0 Å². The molecule has 0 saturated carbocycles. The number of benzene rings is 2. The zero-order valence-electron chi connectivity index (χ0n) is 15.2. The molecule has 1 aromatic heterocycles. The zero-order valence-corrected chi connectivity index (χ0v) is 15.2. The summed E-state index contributed by atoms with van der Waals surface area (Å²) >= 11 is 0. The second-order valence-electron chi connectivity index (χ2n) is 7.25. The Labute approximate surface area is 148 Å². The molecule has 0 atom stereocenters. The van der Waals surface area contributed by atoms with Gasteiger partial charge < -0.3 is 14.6 Å². The summed E-state index contributed by atoms with van der Waals surface area (Å²) in [5, 5.41) is 5.11. The van der Waals surface area contributed by atoms with Gasteiger partial charge in [0.15, 0.2) is 0 Å². The topological polar surface area (TPSA) is 43.3 Å². The van der Waals surface area contributed by atoms with Crippen molar-refractivity contribution in [2.24, 2.45) is 0 Å². The van der Waals surface area contributed by atoms with Gasteiger partial charge in [0, 0.05) is 29.1 Å². The van der Waals surface area contributed by atoms with Crippen molar-refractivity contribution >= 4 is 16.7 Å². The number of rotatable bonds is 4. The van der Waals surface area contributed by atoms with E-state index in [1.54, 1.807) is 7.11 Å². The number of aromatic nitrogens is 1. The molecular weight excluding hydrogens is 312 g/mol. The first-order valence-electron chi connectivity index (χ1n) is 8.41. The molecule has 0 aliphatic carbocycles. The SMILES string of the molecule is COc1ccc(Cn2cc3ccccc3c2C(=O)NC(C)(C)C)cc1. The summed E-state index contributed by atoms with van der Waals surface area (Å²) in [6.07, 6.45) is 2.04. The van der Waals surface area contributed by atoms with Gasteiger partial charge in [-0.05, 0) is 38.5 Å². The molecule has 3 rings (SSSR count). The predicted molar refractivity (Wildman–Crippen MR) is 101 cm³/mol. The molecule has 0 fully saturated rings. The Hall–Kier alpha value is -2.75. The van der Waals surface area contributed by atoms with Crippen LogP contribution in [0.2, 0.25) is 0 Å². The molecule has 4 heteroatoms. The highest BCUT2D eigenvalue weighted by molar-refractivity contribution is 6.06. The summed E-state index contributed by atoms with van der Waals surface area (Å²) in [7, 11) is 1.66. The normalized spacial score (nSPS) is 11.5. The molecule has 1 heterocycles. The van der Waals surface area contributed by atoms with Crippen molar-refractivity contribution in [3.05, 3.63) is 66.0 Å². The van der Waals surface area contributed by atoms with E-state index in [9.17, 15) is 4.79 Å². The summed E-state index contributed by atoms with van der Waals surface area (Å²) in [4.78, 5) is 12.9. The lowest BCUT2D eigenvalue weighted by atomic mass is 10.1. The molecule has 130 valence electrons. The smallest absolute Gasteiger partial charge is 0.268 e. The van der Waals surface area contributed by atoms with Crippen LogP contribution in [0.1, 0.15) is 36.8 Å². The van der Waals surface area contributed by atoms with E-state index in [0.29, 0.717) is 12.2 Å². The van der Waals surface area contributed by atoms with Crippen LogP contribution in [-0.4, -0.2) is 23.1 Å². The van der Waals surface area contributed by atoms with E-state index in [-0.39, 0.29) is 11.4 Å². The second-order valence-corrected chi connectivity index (χ2v) is 7.25. The minimum Gasteiger partial charge on any atom is -0.497 e. The first kappa shape index (κ1) is 17.1. The molecule has 0 radical (unpaired) electrons. The lowest BCUT2D eigenvalue weighted by Crippen LogP contribution is -2.41. The molecule has 0 aliphatic heterocycles. The van der Waals surface area contributed by atoms with Crippen LogP contribution < -0.4 is 10.1 Å². The third-order valence-electron chi connectivity index (χ3n) is 4.01. The van der Waals surface area contributed by atoms with Gasteiger partial charge in [0.25, 0.3) is 5.91 Å². The molecule has 0 bridgehead atoms. The highest BCUT2D eigenvalue weighted by Gasteiger charge is 2.21. The van der Waals surface area contributed by atoms with E-state index in [4.69, 9.17) is 4.74 Å². The quantitative estimate of drug-likeness (QED) is 0.775. The number of carbonyl (C=O) groups excluding carboxylic acids is 1. The van der Waals surface area contributed by atoms with E-state index >= 15 is 0 Å². The van der Waals surface area contributed by atoms with Gasteiger partial charge in [-0.15, -0.1) is 0 Å². The number of nitrogens with one attached hydrogen (secondary N) is 1. The Balaban J connectivity index is 2.01. The molecule has 4 nitrogen and oxygen atoms in total. The Kier molecular flexibility index (Phi) is 4.53. The number of ether oxygens (including phenoxy) is 1. The number of methoxy groups -OCH3 is 1. The molecule has 0 spiro atoms. The van der Waals surface area contributed by atoms with E-state index in [1.807, 2.05) is 80.1 Å². The summed E-state index contributed by atoms with van der Waals surface area (Å²) < 4.78 is 7.23. The van der Waals surface area contributed by atoms with Crippen LogP contribution in [-0.2, 0) is 6.54 Å². The monoisotopic (exact) mass is 336 g/mol. The lowest BCUT2D eigenvalue weighted by molar-refractivity contribution is 0.0912. The van der Waals surface area contributed by atoms with Crippen molar-refractivity contribution in [2.75, 3.05) is 7.11 Å². The molecule has 1 amide bonds. The van der Waals surface area contributed by atoms with Gasteiger partial charge in [-0.1, -0.05) is 36.4 Å². The van der Waals surface area contributed by atoms with Crippen molar-refractivity contribution in [3.8, 4) is 5.75 Å². The fourth-order valence-corrected chi connectivity index (χ4v) is 2.92.